The van der Waals surface area contributed by atoms with Crippen molar-refractivity contribution < 1.29 is 4.74 Å². The van der Waals surface area contributed by atoms with E-state index in [-0.39, 0.29) is 12.2 Å². The number of ether oxygens (including phenoxy) is 1. The van der Waals surface area contributed by atoms with Gasteiger partial charge in [0, 0.05) is 16.5 Å². The van der Waals surface area contributed by atoms with Crippen LogP contribution < -0.4 is 10.3 Å². The molecule has 154 valence electrons. The Morgan fingerprint density at radius 3 is 2.56 bits per heavy atom. The second-order valence-corrected chi connectivity index (χ2v) is 8.14. The summed E-state index contributed by atoms with van der Waals surface area (Å²) in [6.07, 6.45) is 1.72. The molecule has 2 aromatic carbocycles. The fourth-order valence-corrected chi connectivity index (χ4v) is 4.37. The molecule has 0 saturated heterocycles. The molecule has 5 aromatic rings. The Kier molecular flexibility index (Phi) is 5.24. The zero-order chi connectivity index (χ0) is 21.9. The number of benzene rings is 2. The van der Waals surface area contributed by atoms with Crippen LogP contribution in [-0.4, -0.2) is 9.97 Å². The van der Waals surface area contributed by atoms with E-state index in [4.69, 9.17) is 10.00 Å². The normalized spacial score (nSPS) is 10.7. The second-order valence-electron chi connectivity index (χ2n) is 7.19. The number of rotatable bonds is 5. The van der Waals surface area contributed by atoms with E-state index in [0.717, 1.165) is 27.1 Å². The van der Waals surface area contributed by atoms with E-state index in [2.05, 4.69) is 16.0 Å². The number of nitrogens with zero attached hydrogens (tertiary/aromatic N) is 2. The molecule has 0 amide bonds. The molecule has 6 heteroatoms. The maximum Gasteiger partial charge on any atom is 0.260 e. The summed E-state index contributed by atoms with van der Waals surface area (Å²) in [5.74, 6) is 0.535. The Hall–Kier alpha value is -4.21. The Labute approximate surface area is 188 Å². The van der Waals surface area contributed by atoms with Gasteiger partial charge in [-0.2, -0.15) is 5.26 Å². The largest absolute Gasteiger partial charge is 0.486 e. The first-order valence-corrected chi connectivity index (χ1v) is 10.9. The zero-order valence-corrected chi connectivity index (χ0v) is 17.7. The van der Waals surface area contributed by atoms with Gasteiger partial charge in [0.25, 0.3) is 5.56 Å². The van der Waals surface area contributed by atoms with Crippen molar-refractivity contribution in [1.82, 2.24) is 9.97 Å². The first kappa shape index (κ1) is 19.7. The van der Waals surface area contributed by atoms with Gasteiger partial charge in [0.1, 0.15) is 12.4 Å². The summed E-state index contributed by atoms with van der Waals surface area (Å²) >= 11 is 1.49. The molecule has 0 radical (unpaired) electrons. The van der Waals surface area contributed by atoms with Gasteiger partial charge in [-0.1, -0.05) is 30.3 Å². The highest BCUT2D eigenvalue weighted by Crippen LogP contribution is 2.37. The number of nitrogens with one attached hydrogen (secondary N) is 1. The molecule has 0 saturated carbocycles. The summed E-state index contributed by atoms with van der Waals surface area (Å²) in [5.41, 5.74) is 4.35. The van der Waals surface area contributed by atoms with E-state index < -0.39 is 0 Å². The van der Waals surface area contributed by atoms with E-state index in [1.165, 1.54) is 11.3 Å². The van der Waals surface area contributed by atoms with Gasteiger partial charge < -0.3 is 9.72 Å². The van der Waals surface area contributed by atoms with Crippen LogP contribution in [0.15, 0.2) is 89.2 Å². The summed E-state index contributed by atoms with van der Waals surface area (Å²) in [7, 11) is 0. The number of aromatic nitrogens is 2. The van der Waals surface area contributed by atoms with Crippen LogP contribution in [0.2, 0.25) is 0 Å². The van der Waals surface area contributed by atoms with Gasteiger partial charge in [-0.15, -0.1) is 11.3 Å². The molecule has 0 atom stereocenters. The lowest BCUT2D eigenvalue weighted by Gasteiger charge is -2.14. The predicted octanol–water partition coefficient (Wildman–Crippen LogP) is 5.77. The Balaban J connectivity index is 1.68. The van der Waals surface area contributed by atoms with Crippen LogP contribution >= 0.6 is 11.3 Å². The van der Waals surface area contributed by atoms with Crippen molar-refractivity contribution in [3.63, 3.8) is 0 Å². The number of pyridine rings is 2. The lowest BCUT2D eigenvalue weighted by atomic mass is 10.0. The number of nitriles is 1. The minimum Gasteiger partial charge on any atom is -0.486 e. The maximum atomic E-state index is 13.0. The second kappa shape index (κ2) is 8.50. The van der Waals surface area contributed by atoms with Crippen molar-refractivity contribution >= 4 is 22.2 Å². The molecule has 3 aromatic heterocycles. The lowest BCUT2D eigenvalue weighted by molar-refractivity contribution is 0.306. The van der Waals surface area contributed by atoms with Crippen molar-refractivity contribution in [2.24, 2.45) is 0 Å². The molecule has 32 heavy (non-hydrogen) atoms. The van der Waals surface area contributed by atoms with E-state index in [1.807, 2.05) is 66.0 Å². The number of thiophene rings is 1. The highest BCUT2D eigenvalue weighted by molar-refractivity contribution is 7.13. The van der Waals surface area contributed by atoms with E-state index in [1.54, 1.807) is 18.3 Å². The van der Waals surface area contributed by atoms with Gasteiger partial charge >= 0.3 is 0 Å². The number of fused-ring (bicyclic) bond motifs is 1. The Morgan fingerprint density at radius 2 is 1.84 bits per heavy atom. The molecular weight excluding hydrogens is 418 g/mol. The third-order valence-corrected chi connectivity index (χ3v) is 6.06. The third-order valence-electron chi connectivity index (χ3n) is 5.17. The lowest BCUT2D eigenvalue weighted by Crippen LogP contribution is -2.12. The van der Waals surface area contributed by atoms with Gasteiger partial charge in [-0.25, -0.2) is 0 Å². The van der Waals surface area contributed by atoms with Gasteiger partial charge in [0.15, 0.2) is 0 Å². The van der Waals surface area contributed by atoms with E-state index in [9.17, 15) is 4.79 Å². The highest BCUT2D eigenvalue weighted by Gasteiger charge is 2.18. The molecule has 0 fully saturated rings. The van der Waals surface area contributed by atoms with Crippen molar-refractivity contribution in [1.29, 1.82) is 5.26 Å². The average molecular weight is 436 g/mol. The summed E-state index contributed by atoms with van der Waals surface area (Å²) < 4.78 is 6.25. The number of hydrogen-bond acceptors (Lipinski definition) is 5. The SMILES string of the molecule is N#Cc1ccc(-c2ccc3[nH]c(=O)c(-c4cccs4)c(OCc4ccccn4)c3c2)cc1. The molecule has 3 heterocycles. The van der Waals surface area contributed by atoms with E-state index >= 15 is 0 Å². The first-order valence-electron chi connectivity index (χ1n) is 10.00. The maximum absolute atomic E-state index is 13.0. The number of aromatic amines is 1. The smallest absolute Gasteiger partial charge is 0.260 e. The number of H-pyrrole nitrogens is 1. The van der Waals surface area contributed by atoms with Gasteiger partial charge in [-0.3, -0.25) is 9.78 Å². The Morgan fingerprint density at radius 1 is 1.00 bits per heavy atom. The Bertz CT molecular complexity index is 1480. The summed E-state index contributed by atoms with van der Waals surface area (Å²) in [5, 5.41) is 11.8. The molecule has 0 aliphatic carbocycles. The van der Waals surface area contributed by atoms with Crippen LogP contribution in [0.3, 0.4) is 0 Å². The summed E-state index contributed by atoms with van der Waals surface area (Å²) in [4.78, 5) is 21.2. The molecule has 5 nitrogen and oxygen atoms in total. The molecular formula is C26H17N3O2S. The molecule has 5 rings (SSSR count). The van der Waals surface area contributed by atoms with Crippen molar-refractivity contribution in [2.75, 3.05) is 0 Å². The summed E-state index contributed by atoms with van der Waals surface area (Å²) in [6, 6.07) is 24.9. The predicted molar refractivity (Wildman–Crippen MR) is 127 cm³/mol. The topological polar surface area (TPSA) is 78.8 Å². The van der Waals surface area contributed by atoms with Crippen LogP contribution in [0.1, 0.15) is 11.3 Å². The zero-order valence-electron chi connectivity index (χ0n) is 16.9. The van der Waals surface area contributed by atoms with Crippen LogP contribution in [0, 0.1) is 11.3 Å². The fraction of sp³-hybridized carbons (Fsp3) is 0.0385. The molecule has 0 aliphatic rings. The first-order chi connectivity index (χ1) is 15.7. The average Bonchev–Trinajstić information content (AvgIpc) is 3.37. The quantitative estimate of drug-likeness (QED) is 0.380. The van der Waals surface area contributed by atoms with Crippen molar-refractivity contribution in [3.05, 3.63) is 106 Å². The third kappa shape index (κ3) is 3.78. The van der Waals surface area contributed by atoms with Crippen molar-refractivity contribution in [3.8, 4) is 33.4 Å². The fourth-order valence-electron chi connectivity index (χ4n) is 3.60. The standard InChI is InChI=1S/C26H17N3O2S/c27-15-17-6-8-18(9-7-17)19-10-11-22-21(14-19)25(31-16-20-4-1-2-12-28-20)24(26(30)29-22)23-5-3-13-32-23/h1-14H,16H2,(H,29,30). The van der Waals surface area contributed by atoms with E-state index in [0.29, 0.717) is 22.4 Å². The van der Waals surface area contributed by atoms with Crippen LogP contribution in [0.5, 0.6) is 5.75 Å². The monoisotopic (exact) mass is 435 g/mol. The molecule has 1 N–H and O–H groups in total. The minimum absolute atomic E-state index is 0.193. The summed E-state index contributed by atoms with van der Waals surface area (Å²) in [6.45, 7) is 0.249. The van der Waals surface area contributed by atoms with Crippen LogP contribution in [0.25, 0.3) is 32.5 Å². The molecule has 0 aliphatic heterocycles. The van der Waals surface area contributed by atoms with Gasteiger partial charge in [0.2, 0.25) is 0 Å². The molecule has 0 bridgehead atoms. The van der Waals surface area contributed by atoms with Gasteiger partial charge in [0.05, 0.1) is 28.4 Å². The van der Waals surface area contributed by atoms with Crippen LogP contribution in [-0.2, 0) is 6.61 Å². The number of hydrogen-bond donors (Lipinski definition) is 1. The molecule has 0 spiro atoms. The minimum atomic E-state index is -0.193. The van der Waals surface area contributed by atoms with Gasteiger partial charge in [-0.05, 0) is 59.0 Å². The molecule has 0 unspecified atom stereocenters. The van der Waals surface area contributed by atoms with Crippen molar-refractivity contribution in [2.45, 2.75) is 6.61 Å². The van der Waals surface area contributed by atoms with Crippen LogP contribution in [0.4, 0.5) is 0 Å². The highest BCUT2D eigenvalue weighted by atomic mass is 32.1.